The zero-order valence-corrected chi connectivity index (χ0v) is 16.2. The smallest absolute Gasteiger partial charge is 0.228 e. The van der Waals surface area contributed by atoms with Gasteiger partial charge in [0.1, 0.15) is 0 Å². The highest BCUT2D eigenvalue weighted by atomic mass is 79.9. The molecule has 0 aromatic rings. The van der Waals surface area contributed by atoms with Gasteiger partial charge in [0.15, 0.2) is 5.78 Å². The second-order valence-corrected chi connectivity index (χ2v) is 9.23. The molecule has 3 rings (SSSR count). The number of fused-ring (bicyclic) bond motifs is 2. The number of piperidine rings is 1. The monoisotopic (exact) mass is 384 g/mol. The Hall–Kier alpha value is -0.420. The summed E-state index contributed by atoms with van der Waals surface area (Å²) >= 11 is 3.58. The van der Waals surface area contributed by atoms with E-state index in [4.69, 9.17) is 0 Å². The molecule has 1 amide bonds. The van der Waals surface area contributed by atoms with E-state index < -0.39 is 5.41 Å². The fourth-order valence-corrected chi connectivity index (χ4v) is 6.64. The summed E-state index contributed by atoms with van der Waals surface area (Å²) in [6, 6.07) is 0. The summed E-state index contributed by atoms with van der Waals surface area (Å²) in [6.07, 6.45) is 5.47. The van der Waals surface area contributed by atoms with Crippen LogP contribution < -0.4 is 5.32 Å². The van der Waals surface area contributed by atoms with Crippen LogP contribution >= 0.6 is 15.9 Å². The Labute approximate surface area is 147 Å². The zero-order valence-electron chi connectivity index (χ0n) is 14.6. The molecule has 5 heteroatoms. The molecule has 23 heavy (non-hydrogen) atoms. The lowest BCUT2D eigenvalue weighted by atomic mass is 9.64. The third kappa shape index (κ3) is 2.25. The Morgan fingerprint density at radius 1 is 1.22 bits per heavy atom. The lowest BCUT2D eigenvalue weighted by Gasteiger charge is -2.39. The first-order valence-electron chi connectivity index (χ1n) is 8.96. The largest absolute Gasteiger partial charge is 0.354 e. The van der Waals surface area contributed by atoms with Crippen LogP contribution in [-0.4, -0.2) is 47.6 Å². The number of rotatable bonds is 4. The van der Waals surface area contributed by atoms with Gasteiger partial charge in [0.05, 0.1) is 10.2 Å². The van der Waals surface area contributed by atoms with Crippen LogP contribution in [0.3, 0.4) is 0 Å². The number of hydrogen-bond acceptors (Lipinski definition) is 3. The fourth-order valence-electron chi connectivity index (χ4n) is 5.12. The Morgan fingerprint density at radius 3 is 2.43 bits per heavy atom. The highest BCUT2D eigenvalue weighted by molar-refractivity contribution is 9.10. The van der Waals surface area contributed by atoms with Crippen LogP contribution in [0.1, 0.15) is 52.9 Å². The molecular formula is C18H29BrN2O2. The number of carbonyl (C=O) groups is 2. The summed E-state index contributed by atoms with van der Waals surface area (Å²) in [4.78, 5) is 27.8. The van der Waals surface area contributed by atoms with Crippen molar-refractivity contribution in [3.8, 4) is 0 Å². The highest BCUT2D eigenvalue weighted by Crippen LogP contribution is 2.72. The van der Waals surface area contributed by atoms with Crippen molar-refractivity contribution in [2.24, 2.45) is 16.2 Å². The van der Waals surface area contributed by atoms with E-state index in [0.717, 1.165) is 32.5 Å². The van der Waals surface area contributed by atoms with Gasteiger partial charge in [-0.15, -0.1) is 0 Å². The summed E-state index contributed by atoms with van der Waals surface area (Å²) in [5.41, 5.74) is -1.29. The predicted molar refractivity (Wildman–Crippen MR) is 94.6 cm³/mol. The quantitative estimate of drug-likeness (QED) is 0.758. The molecule has 0 aromatic heterocycles. The van der Waals surface area contributed by atoms with Gasteiger partial charge >= 0.3 is 0 Å². The number of nitrogens with one attached hydrogen (secondary N) is 1. The fraction of sp³-hybridized carbons (Fsp3) is 0.889. The van der Waals surface area contributed by atoms with Crippen LogP contribution in [0.4, 0.5) is 0 Å². The van der Waals surface area contributed by atoms with Crippen LogP contribution in [-0.2, 0) is 9.59 Å². The van der Waals surface area contributed by atoms with E-state index in [0.29, 0.717) is 6.54 Å². The number of hydrogen-bond donors (Lipinski definition) is 1. The Morgan fingerprint density at radius 2 is 1.87 bits per heavy atom. The van der Waals surface area contributed by atoms with Crippen molar-refractivity contribution in [3.63, 3.8) is 0 Å². The number of alkyl halides is 1. The molecule has 4 nitrogen and oxygen atoms in total. The molecule has 0 radical (unpaired) electrons. The maximum Gasteiger partial charge on any atom is 0.228 e. The van der Waals surface area contributed by atoms with Crippen LogP contribution in [0.15, 0.2) is 0 Å². The van der Waals surface area contributed by atoms with Crippen molar-refractivity contribution in [1.29, 1.82) is 0 Å². The Bertz CT molecular complexity index is 515. The molecule has 2 bridgehead atoms. The van der Waals surface area contributed by atoms with Crippen molar-refractivity contribution < 1.29 is 9.59 Å². The minimum Gasteiger partial charge on any atom is -0.354 e. The average molecular weight is 385 g/mol. The summed E-state index contributed by atoms with van der Waals surface area (Å²) in [6.45, 7) is 10.1. The highest BCUT2D eigenvalue weighted by Gasteiger charge is 2.76. The normalized spacial score (nSPS) is 39.7. The predicted octanol–water partition coefficient (Wildman–Crippen LogP) is 2.75. The Kier molecular flexibility index (Phi) is 4.41. The lowest BCUT2D eigenvalue weighted by molar-refractivity contribution is -0.136. The van der Waals surface area contributed by atoms with E-state index >= 15 is 0 Å². The number of amides is 1. The molecule has 3 atom stereocenters. The van der Waals surface area contributed by atoms with Gasteiger partial charge in [-0.1, -0.05) is 43.1 Å². The van der Waals surface area contributed by atoms with E-state index in [1.165, 1.54) is 19.3 Å². The van der Waals surface area contributed by atoms with Crippen LogP contribution in [0, 0.1) is 16.2 Å². The molecule has 3 fully saturated rings. The maximum atomic E-state index is 13.1. The molecule has 2 saturated carbocycles. The molecule has 130 valence electrons. The molecule has 1 N–H and O–H groups in total. The summed E-state index contributed by atoms with van der Waals surface area (Å²) in [5.74, 6) is 0.274. The second-order valence-electron chi connectivity index (χ2n) is 8.31. The Balaban J connectivity index is 1.67. The molecule has 0 aromatic carbocycles. The number of Topliss-reactive ketones (excluding diaryl/α,β-unsaturated/α-hetero) is 1. The van der Waals surface area contributed by atoms with Gasteiger partial charge in [-0.2, -0.15) is 0 Å². The summed E-state index contributed by atoms with van der Waals surface area (Å²) in [5, 5.41) is 3.15. The topological polar surface area (TPSA) is 49.4 Å². The third-order valence-corrected chi connectivity index (χ3v) is 8.49. The zero-order chi connectivity index (χ0) is 16.9. The van der Waals surface area contributed by atoms with Gasteiger partial charge in [0, 0.05) is 18.5 Å². The second kappa shape index (κ2) is 5.83. The molecule has 1 heterocycles. The SMILES string of the molecule is CC12CCC(C(=O)NCCN3CCCCC3)(C(Br)C1=O)C2(C)C. The number of ketones is 1. The number of carbonyl (C=O) groups excluding carboxylic acids is 2. The van der Waals surface area contributed by atoms with Gasteiger partial charge in [0.2, 0.25) is 5.91 Å². The average Bonchev–Trinajstić information content (AvgIpc) is 2.80. The van der Waals surface area contributed by atoms with E-state index in [9.17, 15) is 9.59 Å². The summed E-state index contributed by atoms with van der Waals surface area (Å²) in [7, 11) is 0. The number of nitrogens with zero attached hydrogens (tertiary/aromatic N) is 1. The van der Waals surface area contributed by atoms with Crippen molar-refractivity contribution in [3.05, 3.63) is 0 Å². The number of likely N-dealkylation sites (tertiary alicyclic amines) is 1. The minimum absolute atomic E-state index is 0.0657. The van der Waals surface area contributed by atoms with Crippen molar-refractivity contribution in [2.75, 3.05) is 26.2 Å². The van der Waals surface area contributed by atoms with E-state index in [-0.39, 0.29) is 27.3 Å². The van der Waals surface area contributed by atoms with E-state index in [2.05, 4.69) is 40.0 Å². The molecule has 1 aliphatic heterocycles. The van der Waals surface area contributed by atoms with E-state index in [1.807, 2.05) is 6.92 Å². The van der Waals surface area contributed by atoms with Gasteiger partial charge < -0.3 is 10.2 Å². The van der Waals surface area contributed by atoms with Crippen molar-refractivity contribution in [2.45, 2.75) is 57.7 Å². The molecule has 2 aliphatic carbocycles. The van der Waals surface area contributed by atoms with Crippen molar-refractivity contribution in [1.82, 2.24) is 10.2 Å². The van der Waals surface area contributed by atoms with Gasteiger partial charge in [-0.05, 0) is 44.2 Å². The molecule has 3 unspecified atom stereocenters. The third-order valence-electron chi connectivity index (χ3n) is 7.29. The van der Waals surface area contributed by atoms with Gasteiger partial charge in [0.25, 0.3) is 0 Å². The standard InChI is InChI=1S/C18H29BrN2O2/c1-16(2)17(3)7-8-18(16,13(19)14(17)22)15(23)20-9-12-21-10-5-4-6-11-21/h13H,4-12H2,1-3H3,(H,20,23). The first kappa shape index (κ1) is 17.4. The van der Waals surface area contributed by atoms with Crippen LogP contribution in [0.5, 0.6) is 0 Å². The molecule has 3 aliphatic rings. The van der Waals surface area contributed by atoms with Gasteiger partial charge in [-0.25, -0.2) is 0 Å². The van der Waals surface area contributed by atoms with Gasteiger partial charge in [-0.3, -0.25) is 9.59 Å². The maximum absolute atomic E-state index is 13.1. The van der Waals surface area contributed by atoms with Crippen LogP contribution in [0.2, 0.25) is 0 Å². The first-order valence-corrected chi connectivity index (χ1v) is 9.88. The molecule has 0 spiro atoms. The number of halogens is 1. The first-order chi connectivity index (χ1) is 10.8. The minimum atomic E-state index is -0.596. The van der Waals surface area contributed by atoms with E-state index in [1.54, 1.807) is 0 Å². The summed E-state index contributed by atoms with van der Waals surface area (Å²) < 4.78 is 0. The lowest BCUT2D eigenvalue weighted by Crippen LogP contribution is -2.52. The molecular weight excluding hydrogens is 356 g/mol. The van der Waals surface area contributed by atoms with Crippen LogP contribution in [0.25, 0.3) is 0 Å². The van der Waals surface area contributed by atoms with Crippen molar-refractivity contribution >= 4 is 27.6 Å². The molecule has 1 saturated heterocycles.